The number of Topliss-reactive ketones (excluding diaryl/α,β-unsaturated/α-hetero) is 1. The molecule has 4 nitrogen and oxygen atoms in total. The van der Waals surface area contributed by atoms with Crippen molar-refractivity contribution in [3.05, 3.63) is 28.8 Å². The molecule has 0 atom stereocenters. The molecule has 0 fully saturated rings. The van der Waals surface area contributed by atoms with Crippen molar-refractivity contribution < 1.29 is 19.1 Å². The average Bonchev–Trinajstić information content (AvgIpc) is 2.27. The van der Waals surface area contributed by atoms with Crippen LogP contribution in [-0.2, 0) is 9.53 Å². The number of ether oxygens (including phenoxy) is 2. The Balaban J connectivity index is 3.21. The van der Waals surface area contributed by atoms with E-state index in [4.69, 9.17) is 9.47 Å². The van der Waals surface area contributed by atoms with Crippen molar-refractivity contribution in [1.82, 2.24) is 0 Å². The minimum atomic E-state index is -0.849. The number of hydrogen-bond acceptors (Lipinski definition) is 4. The van der Waals surface area contributed by atoms with Gasteiger partial charge >= 0.3 is 5.97 Å². The molecule has 0 unspecified atom stereocenters. The molecule has 1 rings (SSSR count). The van der Waals surface area contributed by atoms with Gasteiger partial charge in [-0.1, -0.05) is 6.07 Å². The zero-order valence-corrected chi connectivity index (χ0v) is 10.5. The Labute approximate surface area is 101 Å². The third-order valence-electron chi connectivity index (χ3n) is 2.35. The number of benzene rings is 1. The average molecular weight is 236 g/mol. The molecule has 1 aromatic rings. The zero-order chi connectivity index (χ0) is 13.0. The lowest BCUT2D eigenvalue weighted by atomic mass is 10.0. The van der Waals surface area contributed by atoms with E-state index in [2.05, 4.69) is 0 Å². The van der Waals surface area contributed by atoms with Gasteiger partial charge in [-0.2, -0.15) is 0 Å². The van der Waals surface area contributed by atoms with Gasteiger partial charge in [-0.25, -0.2) is 4.79 Å². The van der Waals surface area contributed by atoms with Crippen LogP contribution in [0.1, 0.15) is 28.4 Å². The maximum absolute atomic E-state index is 11.9. The summed E-state index contributed by atoms with van der Waals surface area (Å²) in [6, 6.07) is 3.55. The van der Waals surface area contributed by atoms with E-state index >= 15 is 0 Å². The summed E-state index contributed by atoms with van der Waals surface area (Å²) < 4.78 is 9.83. The van der Waals surface area contributed by atoms with Crippen molar-refractivity contribution in [2.24, 2.45) is 0 Å². The highest BCUT2D eigenvalue weighted by atomic mass is 16.5. The standard InChI is InChI=1S/C13H16O4/c1-5-17-13(15)12(14)11-9(3)6-8(2)7-10(11)16-4/h6-7H,5H2,1-4H3. The lowest BCUT2D eigenvalue weighted by Gasteiger charge is -2.11. The molecule has 0 heterocycles. The van der Waals surface area contributed by atoms with Crippen LogP contribution in [0.25, 0.3) is 0 Å². The number of ketones is 1. The second-order valence-electron chi connectivity index (χ2n) is 3.71. The molecule has 92 valence electrons. The molecule has 1 aromatic carbocycles. The number of carbonyl (C=O) groups is 2. The largest absolute Gasteiger partial charge is 0.496 e. The minimum Gasteiger partial charge on any atom is -0.496 e. The van der Waals surface area contributed by atoms with Gasteiger partial charge in [0, 0.05) is 0 Å². The number of carbonyl (C=O) groups excluding carboxylic acids is 2. The Morgan fingerprint density at radius 3 is 2.41 bits per heavy atom. The van der Waals surface area contributed by atoms with Gasteiger partial charge < -0.3 is 9.47 Å². The molecule has 0 aliphatic carbocycles. The molecule has 0 aliphatic rings. The van der Waals surface area contributed by atoms with Crippen LogP contribution in [0.15, 0.2) is 12.1 Å². The molecule has 0 N–H and O–H groups in total. The summed E-state index contributed by atoms with van der Waals surface area (Å²) in [4.78, 5) is 23.3. The molecule has 0 bridgehead atoms. The number of methoxy groups -OCH3 is 1. The second-order valence-corrected chi connectivity index (χ2v) is 3.71. The summed E-state index contributed by atoms with van der Waals surface area (Å²) in [7, 11) is 1.47. The molecule has 4 heteroatoms. The molecule has 0 radical (unpaired) electrons. The molecule has 0 amide bonds. The van der Waals surface area contributed by atoms with Crippen LogP contribution in [0.4, 0.5) is 0 Å². The Hall–Kier alpha value is -1.84. The van der Waals surface area contributed by atoms with Crippen molar-refractivity contribution in [1.29, 1.82) is 0 Å². The maximum atomic E-state index is 11.9. The summed E-state index contributed by atoms with van der Waals surface area (Å²) in [5.74, 6) is -1.11. The van der Waals surface area contributed by atoms with Crippen molar-refractivity contribution >= 4 is 11.8 Å². The first kappa shape index (κ1) is 13.2. The van der Waals surface area contributed by atoms with Gasteiger partial charge in [-0.05, 0) is 38.0 Å². The molecule has 0 aromatic heterocycles. The number of hydrogen-bond donors (Lipinski definition) is 0. The molecule has 0 saturated heterocycles. The number of aryl methyl sites for hydroxylation is 2. The van der Waals surface area contributed by atoms with Gasteiger partial charge in [0.1, 0.15) is 5.75 Å². The van der Waals surface area contributed by atoms with Crippen LogP contribution >= 0.6 is 0 Å². The van der Waals surface area contributed by atoms with E-state index in [1.165, 1.54) is 7.11 Å². The fourth-order valence-corrected chi connectivity index (χ4v) is 1.68. The first-order valence-corrected chi connectivity index (χ1v) is 5.38. The first-order valence-electron chi connectivity index (χ1n) is 5.38. The van der Waals surface area contributed by atoms with E-state index in [1.807, 2.05) is 13.0 Å². The van der Waals surface area contributed by atoms with Gasteiger partial charge in [0.05, 0.1) is 19.3 Å². The molecule has 0 aliphatic heterocycles. The minimum absolute atomic E-state index is 0.178. The predicted octanol–water partition coefficient (Wildman–Crippen LogP) is 2.06. The highest BCUT2D eigenvalue weighted by Gasteiger charge is 2.23. The first-order chi connectivity index (χ1) is 8.01. The van der Waals surface area contributed by atoms with Gasteiger partial charge in [0.2, 0.25) is 0 Å². The van der Waals surface area contributed by atoms with Crippen molar-refractivity contribution in [2.75, 3.05) is 13.7 Å². The second kappa shape index (κ2) is 5.48. The van der Waals surface area contributed by atoms with Crippen LogP contribution < -0.4 is 4.74 Å². The summed E-state index contributed by atoms with van der Waals surface area (Å²) >= 11 is 0. The summed E-state index contributed by atoms with van der Waals surface area (Å²) in [6.45, 7) is 5.50. The fraction of sp³-hybridized carbons (Fsp3) is 0.385. The fourth-order valence-electron chi connectivity index (χ4n) is 1.68. The normalized spacial score (nSPS) is 9.88. The van der Waals surface area contributed by atoms with E-state index in [9.17, 15) is 9.59 Å². The van der Waals surface area contributed by atoms with E-state index < -0.39 is 11.8 Å². The Bertz CT molecular complexity index is 449. The highest BCUT2D eigenvalue weighted by Crippen LogP contribution is 2.24. The van der Waals surface area contributed by atoms with E-state index in [0.717, 1.165) is 5.56 Å². The van der Waals surface area contributed by atoms with Gasteiger partial charge in [0.25, 0.3) is 5.78 Å². The summed E-state index contributed by atoms with van der Waals surface area (Å²) in [6.07, 6.45) is 0. The SMILES string of the molecule is CCOC(=O)C(=O)c1c(C)cc(C)cc1OC. The monoisotopic (exact) mass is 236 g/mol. The topological polar surface area (TPSA) is 52.6 Å². The van der Waals surface area contributed by atoms with Crippen molar-refractivity contribution in [2.45, 2.75) is 20.8 Å². The third kappa shape index (κ3) is 2.84. The quantitative estimate of drug-likeness (QED) is 0.456. The van der Waals surface area contributed by atoms with Crippen LogP contribution in [0.5, 0.6) is 5.75 Å². The molecule has 0 spiro atoms. The Morgan fingerprint density at radius 1 is 1.24 bits per heavy atom. The predicted molar refractivity (Wildman–Crippen MR) is 63.4 cm³/mol. The summed E-state index contributed by atoms with van der Waals surface area (Å²) in [5.41, 5.74) is 1.95. The molecule has 17 heavy (non-hydrogen) atoms. The lowest BCUT2D eigenvalue weighted by molar-refractivity contribution is -0.137. The van der Waals surface area contributed by atoms with E-state index in [-0.39, 0.29) is 12.2 Å². The Morgan fingerprint density at radius 2 is 1.88 bits per heavy atom. The van der Waals surface area contributed by atoms with Gasteiger partial charge in [-0.3, -0.25) is 4.79 Å². The molecular formula is C13H16O4. The van der Waals surface area contributed by atoms with E-state index in [1.54, 1.807) is 19.9 Å². The van der Waals surface area contributed by atoms with Crippen LogP contribution in [0.3, 0.4) is 0 Å². The zero-order valence-electron chi connectivity index (χ0n) is 10.5. The smallest absolute Gasteiger partial charge is 0.379 e. The third-order valence-corrected chi connectivity index (χ3v) is 2.35. The molecule has 0 saturated carbocycles. The van der Waals surface area contributed by atoms with Gasteiger partial charge in [-0.15, -0.1) is 0 Å². The van der Waals surface area contributed by atoms with E-state index in [0.29, 0.717) is 11.3 Å². The van der Waals surface area contributed by atoms with Crippen molar-refractivity contribution in [3.63, 3.8) is 0 Å². The Kier molecular flexibility index (Phi) is 4.26. The van der Waals surface area contributed by atoms with Crippen LogP contribution in [0.2, 0.25) is 0 Å². The lowest BCUT2D eigenvalue weighted by Crippen LogP contribution is -2.19. The highest BCUT2D eigenvalue weighted by molar-refractivity contribution is 6.41. The van der Waals surface area contributed by atoms with Crippen molar-refractivity contribution in [3.8, 4) is 5.75 Å². The van der Waals surface area contributed by atoms with Crippen LogP contribution in [-0.4, -0.2) is 25.5 Å². The summed E-state index contributed by atoms with van der Waals surface area (Å²) in [5, 5.41) is 0. The number of rotatable bonds is 4. The number of esters is 1. The maximum Gasteiger partial charge on any atom is 0.379 e. The van der Waals surface area contributed by atoms with Crippen LogP contribution in [0, 0.1) is 13.8 Å². The van der Waals surface area contributed by atoms with Gasteiger partial charge in [0.15, 0.2) is 0 Å². The molecular weight excluding hydrogens is 220 g/mol.